The molecule has 2 aromatic rings. The molecule has 1 fully saturated rings. The lowest BCUT2D eigenvalue weighted by Crippen LogP contribution is -2.63. The van der Waals surface area contributed by atoms with Crippen molar-refractivity contribution in [1.82, 2.24) is 25.6 Å². The number of hydrogen-bond donors (Lipinski definition) is 2. The third kappa shape index (κ3) is 4.28. The summed E-state index contributed by atoms with van der Waals surface area (Å²) >= 11 is 0. The number of nitrogens with zero attached hydrogens (tertiary/aromatic N) is 3. The number of aromatic nitrogens is 3. The fourth-order valence-corrected chi connectivity index (χ4v) is 2.42. The lowest BCUT2D eigenvalue weighted by molar-refractivity contribution is -0.141. The number of alkyl halides is 3. The molecule has 3 heterocycles. The number of pyridine rings is 1. The lowest BCUT2D eigenvalue weighted by atomic mass is 9.89. The van der Waals surface area contributed by atoms with Crippen molar-refractivity contribution in [2.45, 2.75) is 31.6 Å². The highest BCUT2D eigenvalue weighted by molar-refractivity contribution is 5.86. The van der Waals surface area contributed by atoms with Crippen molar-refractivity contribution in [1.29, 1.82) is 0 Å². The molecule has 2 N–H and O–H groups in total. The number of carbonyl (C=O) groups excluding carboxylic acids is 1. The van der Waals surface area contributed by atoms with Crippen molar-refractivity contribution in [3.05, 3.63) is 42.1 Å². The van der Waals surface area contributed by atoms with Crippen LogP contribution in [0.1, 0.15) is 24.7 Å². The highest BCUT2D eigenvalue weighted by Crippen LogP contribution is 2.28. The molecule has 1 saturated heterocycles. The molecular weight excluding hydrogens is 371 g/mol. The van der Waals surface area contributed by atoms with Crippen molar-refractivity contribution < 1.29 is 18.0 Å². The largest absolute Gasteiger partial charge is 0.433 e. The van der Waals surface area contributed by atoms with Gasteiger partial charge in [-0.05, 0) is 38.1 Å². The molecule has 1 amide bonds. The van der Waals surface area contributed by atoms with Crippen molar-refractivity contribution in [3.63, 3.8) is 0 Å². The van der Waals surface area contributed by atoms with E-state index >= 15 is 0 Å². The summed E-state index contributed by atoms with van der Waals surface area (Å²) in [6.07, 6.45) is -1.29. The molecule has 0 spiro atoms. The van der Waals surface area contributed by atoms with Gasteiger partial charge in [0.15, 0.2) is 0 Å². The molecule has 10 heteroatoms. The normalized spacial score (nSPS) is 19.2. The van der Waals surface area contributed by atoms with E-state index < -0.39 is 17.4 Å². The van der Waals surface area contributed by atoms with E-state index in [1.807, 2.05) is 6.92 Å². The summed E-state index contributed by atoms with van der Waals surface area (Å²) in [6, 6.07) is 3.82. The summed E-state index contributed by atoms with van der Waals surface area (Å²) in [4.78, 5) is 23.6. The molecule has 26 heavy (non-hydrogen) atoms. The van der Waals surface area contributed by atoms with E-state index in [0.29, 0.717) is 17.0 Å². The van der Waals surface area contributed by atoms with E-state index in [2.05, 4.69) is 25.6 Å². The van der Waals surface area contributed by atoms with Crippen LogP contribution in [0.2, 0.25) is 0 Å². The Hall–Kier alpha value is -2.26. The molecule has 0 bridgehead atoms. The fraction of sp³-hybridized carbons (Fsp3) is 0.375. The minimum Gasteiger partial charge on any atom is -0.349 e. The zero-order valence-corrected chi connectivity index (χ0v) is 14.6. The van der Waals surface area contributed by atoms with Gasteiger partial charge in [0.05, 0.1) is 23.5 Å². The van der Waals surface area contributed by atoms with Crippen molar-refractivity contribution in [3.8, 4) is 11.3 Å². The number of nitrogens with one attached hydrogen (secondary N) is 2. The molecule has 0 aromatic carbocycles. The molecule has 2 aromatic heterocycles. The number of hydrogen-bond acceptors (Lipinski definition) is 5. The van der Waals surface area contributed by atoms with Gasteiger partial charge in [-0.1, -0.05) is 0 Å². The van der Waals surface area contributed by atoms with Crippen molar-refractivity contribution in [2.75, 3.05) is 6.54 Å². The van der Waals surface area contributed by atoms with Gasteiger partial charge in [0.2, 0.25) is 5.91 Å². The van der Waals surface area contributed by atoms with Gasteiger partial charge in [-0.15, -0.1) is 12.4 Å². The Balaban J connectivity index is 0.00000243. The van der Waals surface area contributed by atoms with Gasteiger partial charge in [-0.2, -0.15) is 13.2 Å². The van der Waals surface area contributed by atoms with E-state index in [9.17, 15) is 18.0 Å². The first kappa shape index (κ1) is 20.1. The predicted octanol–water partition coefficient (Wildman–Crippen LogP) is 2.35. The highest BCUT2D eigenvalue weighted by atomic mass is 35.5. The summed E-state index contributed by atoms with van der Waals surface area (Å²) in [6.45, 7) is 2.84. The van der Waals surface area contributed by atoms with Gasteiger partial charge in [-0.3, -0.25) is 9.78 Å². The Labute approximate surface area is 154 Å². The molecule has 0 saturated carbocycles. The second-order valence-electron chi connectivity index (χ2n) is 6.02. The highest BCUT2D eigenvalue weighted by Gasteiger charge is 2.38. The zero-order valence-electron chi connectivity index (χ0n) is 13.8. The van der Waals surface area contributed by atoms with E-state index in [4.69, 9.17) is 0 Å². The van der Waals surface area contributed by atoms with Crippen LogP contribution in [0.15, 0.2) is 30.7 Å². The summed E-state index contributed by atoms with van der Waals surface area (Å²) in [5.74, 6) is -0.116. The van der Waals surface area contributed by atoms with Crippen LogP contribution < -0.4 is 10.6 Å². The molecule has 6 nitrogen and oxygen atoms in total. The number of halogens is 4. The first-order valence-corrected chi connectivity index (χ1v) is 7.66. The maximum atomic E-state index is 12.6. The minimum atomic E-state index is -4.48. The number of rotatable bonds is 4. The quantitative estimate of drug-likeness (QED) is 0.841. The summed E-state index contributed by atoms with van der Waals surface area (Å²) in [5.41, 5.74) is -0.0722. The average molecular weight is 388 g/mol. The maximum absolute atomic E-state index is 12.6. The van der Waals surface area contributed by atoms with Crippen molar-refractivity contribution >= 4 is 18.3 Å². The Morgan fingerprint density at radius 3 is 2.58 bits per heavy atom. The van der Waals surface area contributed by atoms with E-state index in [0.717, 1.165) is 25.2 Å². The smallest absolute Gasteiger partial charge is 0.349 e. The van der Waals surface area contributed by atoms with Crippen LogP contribution in [-0.2, 0) is 17.5 Å². The van der Waals surface area contributed by atoms with Crippen LogP contribution in [0.5, 0.6) is 0 Å². The van der Waals surface area contributed by atoms with Crippen LogP contribution in [0.3, 0.4) is 0 Å². The Morgan fingerprint density at radius 2 is 2.04 bits per heavy atom. The first-order valence-electron chi connectivity index (χ1n) is 7.66. The maximum Gasteiger partial charge on any atom is 0.433 e. The van der Waals surface area contributed by atoms with Crippen molar-refractivity contribution in [2.24, 2.45) is 0 Å². The van der Waals surface area contributed by atoms with E-state index in [1.165, 1.54) is 12.4 Å². The molecule has 1 aliphatic heterocycles. The Kier molecular flexibility index (Phi) is 5.82. The molecule has 0 radical (unpaired) electrons. The third-order valence-electron chi connectivity index (χ3n) is 4.14. The Bertz CT molecular complexity index is 778. The summed E-state index contributed by atoms with van der Waals surface area (Å²) < 4.78 is 37.7. The molecule has 1 atom stereocenters. The van der Waals surface area contributed by atoms with Crippen LogP contribution in [-0.4, -0.2) is 32.9 Å². The lowest BCUT2D eigenvalue weighted by Gasteiger charge is -2.38. The van der Waals surface area contributed by atoms with Gasteiger partial charge >= 0.3 is 6.18 Å². The standard InChI is InChI=1S/C16H16F3N5O.ClH/c1-15(4-5-24-15)14(25)21-8-11-6-12(23-9-22-11)10-2-3-13(20-7-10)16(17,18)19;/h2-3,6-7,9,24H,4-5,8H2,1H3,(H,21,25);1H. The monoisotopic (exact) mass is 387 g/mol. The number of amides is 1. The Morgan fingerprint density at radius 1 is 1.31 bits per heavy atom. The second-order valence-corrected chi connectivity index (χ2v) is 6.02. The fourth-order valence-electron chi connectivity index (χ4n) is 2.42. The van der Waals surface area contributed by atoms with Gasteiger partial charge in [-0.25, -0.2) is 9.97 Å². The second kappa shape index (κ2) is 7.55. The molecule has 140 valence electrons. The van der Waals surface area contributed by atoms with E-state index in [1.54, 1.807) is 6.07 Å². The summed E-state index contributed by atoms with van der Waals surface area (Å²) in [7, 11) is 0. The minimum absolute atomic E-state index is 0. The van der Waals surface area contributed by atoms with Gasteiger partial charge in [0.25, 0.3) is 0 Å². The molecule has 1 aliphatic rings. The van der Waals surface area contributed by atoms with Crippen LogP contribution in [0.4, 0.5) is 13.2 Å². The van der Waals surface area contributed by atoms with Crippen LogP contribution >= 0.6 is 12.4 Å². The summed E-state index contributed by atoms with van der Waals surface area (Å²) in [5, 5.41) is 5.86. The van der Waals surface area contributed by atoms with Gasteiger partial charge in [0.1, 0.15) is 12.0 Å². The van der Waals surface area contributed by atoms with E-state index in [-0.39, 0.29) is 24.9 Å². The SMILES string of the molecule is CC1(C(=O)NCc2cc(-c3ccc(C(F)(F)F)nc3)ncn2)CCN1.Cl. The average Bonchev–Trinajstić information content (AvgIpc) is 2.57. The first-order chi connectivity index (χ1) is 11.8. The molecule has 3 rings (SSSR count). The molecular formula is C16H17ClF3N5O. The predicted molar refractivity (Wildman–Crippen MR) is 90.4 cm³/mol. The van der Waals surface area contributed by atoms with Gasteiger partial charge < -0.3 is 10.6 Å². The molecule has 1 unspecified atom stereocenters. The number of carbonyl (C=O) groups is 1. The van der Waals surface area contributed by atoms with Crippen LogP contribution in [0.25, 0.3) is 11.3 Å². The van der Waals surface area contributed by atoms with Crippen LogP contribution in [0, 0.1) is 0 Å². The third-order valence-corrected chi connectivity index (χ3v) is 4.14. The topological polar surface area (TPSA) is 79.8 Å². The molecule has 0 aliphatic carbocycles. The van der Waals surface area contributed by atoms with Gasteiger partial charge in [0, 0.05) is 11.8 Å². The zero-order chi connectivity index (χ0) is 18.1.